The summed E-state index contributed by atoms with van der Waals surface area (Å²) in [5, 5.41) is 3.58. The fourth-order valence-electron chi connectivity index (χ4n) is 2.83. The fourth-order valence-corrected chi connectivity index (χ4v) is 2.83. The second kappa shape index (κ2) is 11.8. The fraction of sp³-hybridized carbons (Fsp3) is 1.00. The topological polar surface area (TPSA) is 12.0 Å². The largest absolute Gasteiger partial charge is 0.314 e. The van der Waals surface area contributed by atoms with E-state index < -0.39 is 0 Å². The van der Waals surface area contributed by atoms with Crippen molar-refractivity contribution in [1.82, 2.24) is 5.32 Å². The molecule has 0 radical (unpaired) electrons. The molecule has 1 nitrogen and oxygen atoms in total. The summed E-state index contributed by atoms with van der Waals surface area (Å²) in [5.41, 5.74) is 0. The van der Waals surface area contributed by atoms with Crippen LogP contribution in [0.25, 0.3) is 0 Å². The van der Waals surface area contributed by atoms with Gasteiger partial charge in [-0.25, -0.2) is 0 Å². The SMILES string of the molecule is CCNC(CC)CCCC(C)CCC(C)C(C)CC. The minimum absolute atomic E-state index is 0.747. The Morgan fingerprint density at radius 2 is 1.42 bits per heavy atom. The molecule has 0 rings (SSSR count). The van der Waals surface area contributed by atoms with Crippen molar-refractivity contribution in [3.05, 3.63) is 0 Å². The second-order valence-electron chi connectivity index (χ2n) is 6.64. The highest BCUT2D eigenvalue weighted by atomic mass is 14.9. The van der Waals surface area contributed by atoms with E-state index in [0.717, 1.165) is 30.3 Å². The van der Waals surface area contributed by atoms with Crippen molar-refractivity contribution in [3.63, 3.8) is 0 Å². The van der Waals surface area contributed by atoms with Crippen LogP contribution in [-0.2, 0) is 0 Å². The Kier molecular flexibility index (Phi) is 11.7. The van der Waals surface area contributed by atoms with Gasteiger partial charge < -0.3 is 5.32 Å². The Hall–Kier alpha value is -0.0400. The third-order valence-electron chi connectivity index (χ3n) is 4.97. The van der Waals surface area contributed by atoms with Gasteiger partial charge in [0.05, 0.1) is 0 Å². The Bertz CT molecular complexity index is 190. The third kappa shape index (κ3) is 9.49. The van der Waals surface area contributed by atoms with Crippen LogP contribution in [0, 0.1) is 17.8 Å². The maximum absolute atomic E-state index is 3.58. The van der Waals surface area contributed by atoms with E-state index in [4.69, 9.17) is 0 Å². The lowest BCUT2D eigenvalue weighted by atomic mass is 9.86. The van der Waals surface area contributed by atoms with Gasteiger partial charge in [-0.1, -0.05) is 73.6 Å². The molecule has 1 heteroatoms. The number of rotatable bonds is 12. The van der Waals surface area contributed by atoms with Gasteiger partial charge in [0.25, 0.3) is 0 Å². The molecule has 0 amide bonds. The molecule has 4 unspecified atom stereocenters. The average molecular weight is 270 g/mol. The summed E-state index contributed by atoms with van der Waals surface area (Å²) in [4.78, 5) is 0. The van der Waals surface area contributed by atoms with Gasteiger partial charge in [-0.2, -0.15) is 0 Å². The number of hydrogen-bond acceptors (Lipinski definition) is 1. The molecule has 0 aromatic carbocycles. The molecule has 0 spiro atoms. The highest BCUT2D eigenvalue weighted by molar-refractivity contribution is 4.66. The van der Waals surface area contributed by atoms with Crippen molar-refractivity contribution in [1.29, 1.82) is 0 Å². The van der Waals surface area contributed by atoms with Gasteiger partial charge >= 0.3 is 0 Å². The molecule has 0 aromatic rings. The molecule has 116 valence electrons. The van der Waals surface area contributed by atoms with E-state index in [1.54, 1.807) is 0 Å². The van der Waals surface area contributed by atoms with Crippen molar-refractivity contribution in [2.75, 3.05) is 6.54 Å². The first-order valence-electron chi connectivity index (χ1n) is 8.78. The van der Waals surface area contributed by atoms with Gasteiger partial charge in [-0.15, -0.1) is 0 Å². The van der Waals surface area contributed by atoms with Gasteiger partial charge in [0.2, 0.25) is 0 Å². The Morgan fingerprint density at radius 1 is 0.737 bits per heavy atom. The van der Waals surface area contributed by atoms with Crippen LogP contribution in [0.1, 0.15) is 86.5 Å². The zero-order valence-electron chi connectivity index (χ0n) is 14.5. The first-order valence-corrected chi connectivity index (χ1v) is 8.78. The molecular weight excluding hydrogens is 230 g/mol. The summed E-state index contributed by atoms with van der Waals surface area (Å²) in [6.45, 7) is 15.2. The lowest BCUT2D eigenvalue weighted by Gasteiger charge is -2.21. The van der Waals surface area contributed by atoms with Crippen LogP contribution in [0.4, 0.5) is 0 Å². The summed E-state index contributed by atoms with van der Waals surface area (Å²) in [5.74, 6) is 2.70. The van der Waals surface area contributed by atoms with Gasteiger partial charge in [-0.05, 0) is 37.1 Å². The maximum Gasteiger partial charge on any atom is 0.00643 e. The minimum atomic E-state index is 0.747. The number of nitrogens with one attached hydrogen (secondary N) is 1. The van der Waals surface area contributed by atoms with Gasteiger partial charge in [0, 0.05) is 6.04 Å². The lowest BCUT2D eigenvalue weighted by Crippen LogP contribution is -2.28. The monoisotopic (exact) mass is 269 g/mol. The van der Waals surface area contributed by atoms with E-state index in [1.165, 1.54) is 44.9 Å². The van der Waals surface area contributed by atoms with E-state index in [9.17, 15) is 0 Å². The highest BCUT2D eigenvalue weighted by Gasteiger charge is 2.12. The highest BCUT2D eigenvalue weighted by Crippen LogP contribution is 2.24. The van der Waals surface area contributed by atoms with Crippen molar-refractivity contribution in [2.45, 2.75) is 92.5 Å². The normalized spacial score (nSPS) is 18.0. The van der Waals surface area contributed by atoms with Crippen LogP contribution < -0.4 is 5.32 Å². The summed E-state index contributed by atoms with van der Waals surface area (Å²) < 4.78 is 0. The first kappa shape index (κ1) is 19.0. The quantitative estimate of drug-likeness (QED) is 0.483. The molecule has 0 aliphatic rings. The minimum Gasteiger partial charge on any atom is -0.314 e. The first-order chi connectivity index (χ1) is 9.04. The van der Waals surface area contributed by atoms with Gasteiger partial charge in [-0.3, -0.25) is 0 Å². The summed E-state index contributed by atoms with van der Waals surface area (Å²) in [7, 11) is 0. The third-order valence-corrected chi connectivity index (χ3v) is 4.97. The predicted octanol–water partition coefficient (Wildman–Crippen LogP) is 5.64. The van der Waals surface area contributed by atoms with E-state index in [2.05, 4.69) is 46.9 Å². The van der Waals surface area contributed by atoms with Gasteiger partial charge in [0.1, 0.15) is 0 Å². The lowest BCUT2D eigenvalue weighted by molar-refractivity contribution is 0.314. The van der Waals surface area contributed by atoms with Crippen LogP contribution in [-0.4, -0.2) is 12.6 Å². The molecule has 0 heterocycles. The van der Waals surface area contributed by atoms with Crippen molar-refractivity contribution in [2.24, 2.45) is 17.8 Å². The Labute approximate surface area is 122 Å². The summed E-state index contributed by atoms with van der Waals surface area (Å²) in [6, 6.07) is 0.747. The molecule has 0 saturated heterocycles. The Morgan fingerprint density at radius 3 is 1.95 bits per heavy atom. The molecule has 19 heavy (non-hydrogen) atoms. The summed E-state index contributed by atoms with van der Waals surface area (Å²) in [6.07, 6.45) is 9.60. The maximum atomic E-state index is 3.58. The molecule has 1 N–H and O–H groups in total. The van der Waals surface area contributed by atoms with Crippen LogP contribution in [0.15, 0.2) is 0 Å². The molecule has 0 aliphatic carbocycles. The molecule has 0 bridgehead atoms. The van der Waals surface area contributed by atoms with Crippen LogP contribution in [0.2, 0.25) is 0 Å². The van der Waals surface area contributed by atoms with E-state index in [0.29, 0.717) is 0 Å². The van der Waals surface area contributed by atoms with Crippen LogP contribution in [0.3, 0.4) is 0 Å². The predicted molar refractivity (Wildman–Crippen MR) is 88.6 cm³/mol. The van der Waals surface area contributed by atoms with Crippen molar-refractivity contribution in [3.8, 4) is 0 Å². The Balaban J connectivity index is 3.66. The zero-order valence-corrected chi connectivity index (χ0v) is 14.5. The van der Waals surface area contributed by atoms with E-state index in [1.807, 2.05) is 0 Å². The van der Waals surface area contributed by atoms with Crippen LogP contribution in [0.5, 0.6) is 0 Å². The molecule has 4 atom stereocenters. The average Bonchev–Trinajstić information content (AvgIpc) is 2.42. The van der Waals surface area contributed by atoms with E-state index >= 15 is 0 Å². The molecular formula is C18H39N. The molecule has 0 aromatic heterocycles. The van der Waals surface area contributed by atoms with Crippen molar-refractivity contribution >= 4 is 0 Å². The number of hydrogen-bond donors (Lipinski definition) is 1. The summed E-state index contributed by atoms with van der Waals surface area (Å²) >= 11 is 0. The molecule has 0 fully saturated rings. The second-order valence-corrected chi connectivity index (χ2v) is 6.64. The standard InChI is InChI=1S/C18H39N/c1-7-16(5)17(6)14-13-15(4)11-10-12-18(8-2)19-9-3/h15-19H,7-14H2,1-6H3. The van der Waals surface area contributed by atoms with Crippen molar-refractivity contribution < 1.29 is 0 Å². The molecule has 0 aliphatic heterocycles. The molecule has 0 saturated carbocycles. The van der Waals surface area contributed by atoms with Gasteiger partial charge in [0.15, 0.2) is 0 Å². The smallest absolute Gasteiger partial charge is 0.00643 e. The zero-order chi connectivity index (χ0) is 14.7. The van der Waals surface area contributed by atoms with Crippen LogP contribution >= 0.6 is 0 Å². The van der Waals surface area contributed by atoms with E-state index in [-0.39, 0.29) is 0 Å².